The maximum absolute atomic E-state index is 13.7. The predicted molar refractivity (Wildman–Crippen MR) is 164 cm³/mol. The molecule has 0 saturated carbocycles. The molecular weight excluding hydrogens is 582 g/mol. The van der Waals surface area contributed by atoms with E-state index in [-0.39, 0.29) is 56.8 Å². The molecule has 11 nitrogen and oxygen atoms in total. The number of carbonyl (C=O) groups excluding carboxylic acids is 3. The third kappa shape index (κ3) is 10.3. The summed E-state index contributed by atoms with van der Waals surface area (Å²) >= 11 is 1.58. The number of ether oxygens (including phenoxy) is 2. The molecular formula is C29H44ClN5O6S. The molecule has 0 spiro atoms. The third-order valence-electron chi connectivity index (χ3n) is 6.82. The fourth-order valence-electron chi connectivity index (χ4n) is 4.58. The highest BCUT2D eigenvalue weighted by atomic mass is 35.5. The van der Waals surface area contributed by atoms with Crippen LogP contribution in [-0.4, -0.2) is 90.4 Å². The molecule has 1 fully saturated rings. The van der Waals surface area contributed by atoms with Crippen LogP contribution in [0.5, 0.6) is 0 Å². The average molecular weight is 626 g/mol. The Morgan fingerprint density at radius 1 is 1.14 bits per heavy atom. The Balaban J connectivity index is 0.00000616. The van der Waals surface area contributed by atoms with E-state index in [0.29, 0.717) is 26.4 Å². The zero-order valence-corrected chi connectivity index (χ0v) is 26.4. The van der Waals surface area contributed by atoms with Crippen LogP contribution in [0.15, 0.2) is 29.8 Å². The molecule has 1 aliphatic rings. The first-order chi connectivity index (χ1) is 19.5. The molecule has 234 valence electrons. The number of hydrogen-bond acceptors (Lipinski definition) is 9. The van der Waals surface area contributed by atoms with Crippen molar-refractivity contribution < 1.29 is 29.0 Å². The van der Waals surface area contributed by atoms with E-state index in [9.17, 15) is 19.5 Å². The maximum atomic E-state index is 13.7. The molecule has 3 atom stereocenters. The van der Waals surface area contributed by atoms with Gasteiger partial charge in [0.2, 0.25) is 17.7 Å². The van der Waals surface area contributed by atoms with Crippen LogP contribution in [0.2, 0.25) is 0 Å². The zero-order valence-electron chi connectivity index (χ0n) is 24.8. The number of aryl methyl sites for hydroxylation is 1. The van der Waals surface area contributed by atoms with E-state index in [1.807, 2.05) is 57.5 Å². The second-order valence-corrected chi connectivity index (χ2v) is 12.1. The highest BCUT2D eigenvalue weighted by molar-refractivity contribution is 7.13. The van der Waals surface area contributed by atoms with Gasteiger partial charge in [-0.3, -0.25) is 14.4 Å². The standard InChI is InChI=1S/C29H43N5O6S.ClH/c1-19-25(41-18-32-19)21-7-5-20(6-8-21)16-31-27(37)23-15-22(35)17-34(23)28(38)26(29(2,3)4)33-24(36)9-11-39-13-14-40-12-10-30;/h5-8,18,22-23,26,35H,9-17,30H2,1-4H3,(H,31,37)(H,33,36);1H/t22-,23+,26-;/m1./s1. The first-order valence-electron chi connectivity index (χ1n) is 13.9. The van der Waals surface area contributed by atoms with Gasteiger partial charge < -0.3 is 35.8 Å². The van der Waals surface area contributed by atoms with Crippen LogP contribution in [0, 0.1) is 12.3 Å². The molecule has 3 rings (SSSR count). The largest absolute Gasteiger partial charge is 0.391 e. The van der Waals surface area contributed by atoms with Crippen LogP contribution in [0.1, 0.15) is 44.9 Å². The second kappa shape index (κ2) is 16.9. The van der Waals surface area contributed by atoms with Gasteiger partial charge in [0.1, 0.15) is 12.1 Å². The van der Waals surface area contributed by atoms with Crippen molar-refractivity contribution in [1.82, 2.24) is 20.5 Å². The van der Waals surface area contributed by atoms with Gasteiger partial charge in [-0.05, 0) is 23.5 Å². The number of aliphatic hydroxyl groups is 1. The average Bonchev–Trinajstić information content (AvgIpc) is 3.54. The fraction of sp³-hybridized carbons (Fsp3) is 0.586. The minimum Gasteiger partial charge on any atom is -0.391 e. The van der Waals surface area contributed by atoms with Gasteiger partial charge in [0, 0.05) is 32.5 Å². The summed E-state index contributed by atoms with van der Waals surface area (Å²) < 4.78 is 10.7. The molecule has 13 heteroatoms. The van der Waals surface area contributed by atoms with Gasteiger partial charge in [-0.2, -0.15) is 0 Å². The molecule has 5 N–H and O–H groups in total. The van der Waals surface area contributed by atoms with Crippen LogP contribution < -0.4 is 16.4 Å². The lowest BCUT2D eigenvalue weighted by molar-refractivity contribution is -0.144. The van der Waals surface area contributed by atoms with Crippen molar-refractivity contribution in [3.05, 3.63) is 41.0 Å². The monoisotopic (exact) mass is 625 g/mol. The minimum atomic E-state index is -0.883. The lowest BCUT2D eigenvalue weighted by atomic mass is 9.85. The van der Waals surface area contributed by atoms with Gasteiger partial charge in [0.15, 0.2) is 0 Å². The molecule has 42 heavy (non-hydrogen) atoms. The van der Waals surface area contributed by atoms with Crippen LogP contribution in [0.4, 0.5) is 0 Å². The Kier molecular flexibility index (Phi) is 14.3. The minimum absolute atomic E-state index is 0. The van der Waals surface area contributed by atoms with Crippen molar-refractivity contribution in [3.8, 4) is 10.4 Å². The number of likely N-dealkylation sites (tertiary alicyclic amines) is 1. The van der Waals surface area contributed by atoms with E-state index in [4.69, 9.17) is 15.2 Å². The first-order valence-corrected chi connectivity index (χ1v) is 14.8. The number of aliphatic hydroxyl groups excluding tert-OH is 1. The number of amides is 3. The topological polar surface area (TPSA) is 156 Å². The number of carbonyl (C=O) groups is 3. The molecule has 1 aromatic carbocycles. The highest BCUT2D eigenvalue weighted by Gasteiger charge is 2.44. The summed E-state index contributed by atoms with van der Waals surface area (Å²) in [6.45, 7) is 9.61. The van der Waals surface area contributed by atoms with Gasteiger partial charge >= 0.3 is 0 Å². The highest BCUT2D eigenvalue weighted by Crippen LogP contribution is 2.28. The summed E-state index contributed by atoms with van der Waals surface area (Å²) in [5.41, 5.74) is 9.50. The smallest absolute Gasteiger partial charge is 0.246 e. The summed E-state index contributed by atoms with van der Waals surface area (Å²) in [5, 5.41) is 16.1. The summed E-state index contributed by atoms with van der Waals surface area (Å²) in [4.78, 5) is 46.3. The van der Waals surface area contributed by atoms with Crippen molar-refractivity contribution in [3.63, 3.8) is 0 Å². The van der Waals surface area contributed by atoms with E-state index in [0.717, 1.165) is 21.7 Å². The van der Waals surface area contributed by atoms with Crippen LogP contribution in [0.25, 0.3) is 10.4 Å². The van der Waals surface area contributed by atoms with Gasteiger partial charge in [-0.25, -0.2) is 4.98 Å². The lowest BCUT2D eigenvalue weighted by Gasteiger charge is -2.35. The number of thiazole rings is 1. The van der Waals surface area contributed by atoms with Crippen molar-refractivity contribution in [2.75, 3.05) is 39.5 Å². The molecule has 0 aliphatic carbocycles. The molecule has 3 amide bonds. The predicted octanol–water partition coefficient (Wildman–Crippen LogP) is 2.03. The zero-order chi connectivity index (χ0) is 30.0. The van der Waals surface area contributed by atoms with Crippen LogP contribution in [0.3, 0.4) is 0 Å². The Hall–Kier alpha value is -2.61. The van der Waals surface area contributed by atoms with E-state index in [1.54, 1.807) is 11.3 Å². The van der Waals surface area contributed by atoms with Gasteiger partial charge in [0.25, 0.3) is 0 Å². The molecule has 1 aromatic heterocycles. The molecule has 0 unspecified atom stereocenters. The van der Waals surface area contributed by atoms with Gasteiger partial charge in [-0.15, -0.1) is 23.7 Å². The van der Waals surface area contributed by atoms with Crippen molar-refractivity contribution >= 4 is 41.5 Å². The third-order valence-corrected chi connectivity index (χ3v) is 7.80. The van der Waals surface area contributed by atoms with E-state index in [2.05, 4.69) is 15.6 Å². The summed E-state index contributed by atoms with van der Waals surface area (Å²) in [7, 11) is 0. The van der Waals surface area contributed by atoms with Crippen molar-refractivity contribution in [2.45, 2.75) is 65.3 Å². The summed E-state index contributed by atoms with van der Waals surface area (Å²) in [6.07, 6.45) is -0.626. The van der Waals surface area contributed by atoms with E-state index >= 15 is 0 Å². The quantitative estimate of drug-likeness (QED) is 0.232. The molecule has 0 bridgehead atoms. The van der Waals surface area contributed by atoms with Crippen molar-refractivity contribution in [2.24, 2.45) is 11.1 Å². The van der Waals surface area contributed by atoms with E-state index in [1.165, 1.54) is 4.90 Å². The molecule has 1 aliphatic heterocycles. The normalized spacial score (nSPS) is 17.4. The molecule has 2 heterocycles. The Morgan fingerprint density at radius 2 is 1.81 bits per heavy atom. The number of halogens is 1. The Bertz CT molecular complexity index is 1160. The summed E-state index contributed by atoms with van der Waals surface area (Å²) in [6, 6.07) is 6.16. The van der Waals surface area contributed by atoms with Gasteiger partial charge in [0.05, 0.1) is 48.6 Å². The SMILES string of the molecule is Cc1ncsc1-c1ccc(CNC(=O)[C@@H]2C[C@@H](O)CN2C(=O)[C@@H](NC(=O)CCOCCOCCN)C(C)(C)C)cc1.Cl. The number of β-amino-alcohol motifs (C(OH)–C–C–N with tert-alkyl or cyclic N) is 1. The summed E-state index contributed by atoms with van der Waals surface area (Å²) in [5.74, 6) is -1.08. The van der Waals surface area contributed by atoms with Crippen LogP contribution in [-0.2, 0) is 30.4 Å². The number of aromatic nitrogens is 1. The first kappa shape index (κ1) is 35.6. The second-order valence-electron chi connectivity index (χ2n) is 11.2. The number of rotatable bonds is 14. The van der Waals surface area contributed by atoms with Crippen LogP contribution >= 0.6 is 23.7 Å². The Labute approximate surface area is 257 Å². The van der Waals surface area contributed by atoms with Gasteiger partial charge in [-0.1, -0.05) is 45.0 Å². The molecule has 2 aromatic rings. The van der Waals surface area contributed by atoms with E-state index < -0.39 is 29.5 Å². The maximum Gasteiger partial charge on any atom is 0.246 e. The number of nitrogens with two attached hydrogens (primary N) is 1. The molecule has 1 saturated heterocycles. The Morgan fingerprint density at radius 3 is 2.40 bits per heavy atom. The number of benzene rings is 1. The number of hydrogen-bond donors (Lipinski definition) is 4. The number of nitrogens with one attached hydrogen (secondary N) is 2. The number of nitrogens with zero attached hydrogens (tertiary/aromatic N) is 2. The van der Waals surface area contributed by atoms with Crippen molar-refractivity contribution in [1.29, 1.82) is 0 Å². The molecule has 0 radical (unpaired) electrons. The fourth-order valence-corrected chi connectivity index (χ4v) is 5.40. The lowest BCUT2D eigenvalue weighted by Crippen LogP contribution is -2.57.